The molecule has 0 bridgehead atoms. The van der Waals surface area contributed by atoms with Crippen molar-refractivity contribution in [3.8, 4) is 0 Å². The number of rotatable bonds is 2. The van der Waals surface area contributed by atoms with E-state index in [1.165, 1.54) is 18.4 Å². The molecule has 1 aliphatic carbocycles. The van der Waals surface area contributed by atoms with Crippen LogP contribution in [0.5, 0.6) is 0 Å². The van der Waals surface area contributed by atoms with Gasteiger partial charge in [-0.15, -0.1) is 11.3 Å². The van der Waals surface area contributed by atoms with E-state index in [1.54, 1.807) is 11.3 Å². The van der Waals surface area contributed by atoms with Gasteiger partial charge in [0.05, 0.1) is 9.89 Å². The molecule has 1 saturated carbocycles. The first kappa shape index (κ1) is 8.73. The molecule has 1 aromatic rings. The average molecular weight is 247 g/mol. The summed E-state index contributed by atoms with van der Waals surface area (Å²) in [6.07, 6.45) is 2.17. The van der Waals surface area contributed by atoms with Gasteiger partial charge in [0.2, 0.25) is 0 Å². The van der Waals surface area contributed by atoms with Gasteiger partial charge < -0.3 is 5.11 Å². The van der Waals surface area contributed by atoms with E-state index in [0.29, 0.717) is 5.92 Å². The van der Waals surface area contributed by atoms with Crippen LogP contribution >= 0.6 is 27.3 Å². The standard InChI is InChI=1S/C9H11BrOS/c1-5-4-7(12-9(5)10)8(11)6-2-3-6/h4,6,8,11H,2-3H2,1H3. The highest BCUT2D eigenvalue weighted by atomic mass is 79.9. The number of hydrogen-bond acceptors (Lipinski definition) is 2. The van der Waals surface area contributed by atoms with Gasteiger partial charge in [-0.3, -0.25) is 0 Å². The first-order chi connectivity index (χ1) is 5.68. The highest BCUT2D eigenvalue weighted by Gasteiger charge is 2.31. The highest BCUT2D eigenvalue weighted by Crippen LogP contribution is 2.44. The molecule has 0 saturated heterocycles. The molecular formula is C9H11BrOS. The molecule has 0 spiro atoms. The molecule has 1 aliphatic rings. The van der Waals surface area contributed by atoms with Crippen LogP contribution in [-0.2, 0) is 0 Å². The van der Waals surface area contributed by atoms with Crippen LogP contribution in [-0.4, -0.2) is 5.11 Å². The molecule has 0 aromatic carbocycles. The lowest BCUT2D eigenvalue weighted by molar-refractivity contribution is 0.157. The normalized spacial score (nSPS) is 19.6. The Balaban J connectivity index is 2.21. The summed E-state index contributed by atoms with van der Waals surface area (Å²) in [5.41, 5.74) is 1.23. The Morgan fingerprint density at radius 3 is 2.75 bits per heavy atom. The number of aliphatic hydroxyl groups is 1. The van der Waals surface area contributed by atoms with E-state index in [9.17, 15) is 5.11 Å². The smallest absolute Gasteiger partial charge is 0.0910 e. The quantitative estimate of drug-likeness (QED) is 0.850. The summed E-state index contributed by atoms with van der Waals surface area (Å²) in [4.78, 5) is 1.11. The maximum absolute atomic E-state index is 9.79. The van der Waals surface area contributed by atoms with Crippen molar-refractivity contribution in [2.24, 2.45) is 5.92 Å². The SMILES string of the molecule is Cc1cc(C(O)C2CC2)sc1Br. The molecule has 0 radical (unpaired) electrons. The predicted molar refractivity (Wildman–Crippen MR) is 54.4 cm³/mol. The lowest BCUT2D eigenvalue weighted by Crippen LogP contribution is -1.95. The molecule has 1 fully saturated rings. The first-order valence-corrected chi connectivity index (χ1v) is 5.73. The molecule has 1 N–H and O–H groups in total. The van der Waals surface area contributed by atoms with Gasteiger partial charge in [0, 0.05) is 4.88 Å². The Morgan fingerprint density at radius 2 is 2.33 bits per heavy atom. The minimum atomic E-state index is -0.208. The monoisotopic (exact) mass is 246 g/mol. The van der Waals surface area contributed by atoms with Gasteiger partial charge in [-0.1, -0.05) is 0 Å². The van der Waals surface area contributed by atoms with E-state index < -0.39 is 0 Å². The highest BCUT2D eigenvalue weighted by molar-refractivity contribution is 9.11. The topological polar surface area (TPSA) is 20.2 Å². The molecule has 3 heteroatoms. The molecule has 2 rings (SSSR count). The van der Waals surface area contributed by atoms with Crippen molar-refractivity contribution in [2.75, 3.05) is 0 Å². The van der Waals surface area contributed by atoms with Gasteiger partial charge in [0.25, 0.3) is 0 Å². The zero-order valence-corrected chi connectivity index (χ0v) is 9.28. The van der Waals surface area contributed by atoms with Crippen LogP contribution in [0.2, 0.25) is 0 Å². The fraction of sp³-hybridized carbons (Fsp3) is 0.556. The fourth-order valence-electron chi connectivity index (χ4n) is 1.27. The summed E-state index contributed by atoms with van der Waals surface area (Å²) in [6, 6.07) is 2.08. The Labute approximate surface area is 84.6 Å². The van der Waals surface area contributed by atoms with Crippen molar-refractivity contribution in [2.45, 2.75) is 25.9 Å². The van der Waals surface area contributed by atoms with Crippen molar-refractivity contribution in [1.29, 1.82) is 0 Å². The summed E-state index contributed by atoms with van der Waals surface area (Å²) in [5, 5.41) is 9.79. The molecule has 0 aliphatic heterocycles. The van der Waals surface area contributed by atoms with Crippen molar-refractivity contribution in [3.63, 3.8) is 0 Å². The number of aryl methyl sites for hydroxylation is 1. The van der Waals surface area contributed by atoms with E-state index in [0.717, 1.165) is 8.66 Å². The van der Waals surface area contributed by atoms with Gasteiger partial charge in [-0.05, 0) is 53.2 Å². The second-order valence-electron chi connectivity index (χ2n) is 3.39. The number of aliphatic hydroxyl groups excluding tert-OH is 1. The zero-order valence-electron chi connectivity index (χ0n) is 6.88. The van der Waals surface area contributed by atoms with Crippen LogP contribution < -0.4 is 0 Å². The molecular weight excluding hydrogens is 236 g/mol. The third-order valence-electron chi connectivity index (χ3n) is 2.24. The minimum Gasteiger partial charge on any atom is -0.387 e. The van der Waals surface area contributed by atoms with E-state index in [1.807, 2.05) is 0 Å². The lowest BCUT2D eigenvalue weighted by Gasteiger charge is -2.04. The summed E-state index contributed by atoms with van der Waals surface area (Å²) in [7, 11) is 0. The van der Waals surface area contributed by atoms with Crippen LogP contribution in [0.3, 0.4) is 0 Å². The number of hydrogen-bond donors (Lipinski definition) is 1. The first-order valence-electron chi connectivity index (χ1n) is 4.12. The van der Waals surface area contributed by atoms with E-state index in [4.69, 9.17) is 0 Å². The Bertz CT molecular complexity index is 271. The van der Waals surface area contributed by atoms with Crippen molar-refractivity contribution in [3.05, 3.63) is 20.3 Å². The van der Waals surface area contributed by atoms with E-state index in [2.05, 4.69) is 28.9 Å². The summed E-state index contributed by atoms with van der Waals surface area (Å²) >= 11 is 5.12. The summed E-state index contributed by atoms with van der Waals surface area (Å²) < 4.78 is 1.15. The van der Waals surface area contributed by atoms with Gasteiger partial charge >= 0.3 is 0 Å². The van der Waals surface area contributed by atoms with E-state index in [-0.39, 0.29) is 6.10 Å². The summed E-state index contributed by atoms with van der Waals surface area (Å²) in [6.45, 7) is 2.06. The van der Waals surface area contributed by atoms with Gasteiger partial charge in [0.1, 0.15) is 0 Å². The molecule has 1 heterocycles. The van der Waals surface area contributed by atoms with Crippen LogP contribution in [0.4, 0.5) is 0 Å². The fourth-order valence-corrected chi connectivity index (χ4v) is 2.92. The molecule has 1 unspecified atom stereocenters. The van der Waals surface area contributed by atoms with Crippen molar-refractivity contribution < 1.29 is 5.11 Å². The van der Waals surface area contributed by atoms with Gasteiger partial charge in [-0.2, -0.15) is 0 Å². The van der Waals surface area contributed by atoms with Crippen LogP contribution in [0.1, 0.15) is 29.4 Å². The molecule has 1 nitrogen and oxygen atoms in total. The predicted octanol–water partition coefficient (Wildman–Crippen LogP) is 3.26. The third-order valence-corrected chi connectivity index (χ3v) is 4.44. The Kier molecular flexibility index (Phi) is 2.27. The molecule has 0 amide bonds. The molecule has 1 atom stereocenters. The van der Waals surface area contributed by atoms with Crippen LogP contribution in [0, 0.1) is 12.8 Å². The average Bonchev–Trinajstić information content (AvgIpc) is 2.80. The minimum absolute atomic E-state index is 0.208. The zero-order chi connectivity index (χ0) is 8.72. The van der Waals surface area contributed by atoms with Crippen molar-refractivity contribution >= 4 is 27.3 Å². The van der Waals surface area contributed by atoms with Crippen LogP contribution in [0.15, 0.2) is 9.85 Å². The second kappa shape index (κ2) is 3.13. The summed E-state index contributed by atoms with van der Waals surface area (Å²) in [5.74, 6) is 0.537. The number of thiophene rings is 1. The third kappa shape index (κ3) is 1.58. The second-order valence-corrected chi connectivity index (χ2v) is 5.79. The lowest BCUT2D eigenvalue weighted by atomic mass is 10.2. The largest absolute Gasteiger partial charge is 0.387 e. The molecule has 1 aromatic heterocycles. The van der Waals surface area contributed by atoms with Crippen LogP contribution in [0.25, 0.3) is 0 Å². The van der Waals surface area contributed by atoms with Crippen molar-refractivity contribution in [1.82, 2.24) is 0 Å². The number of halogens is 1. The van der Waals surface area contributed by atoms with Gasteiger partial charge in [-0.25, -0.2) is 0 Å². The molecule has 66 valence electrons. The van der Waals surface area contributed by atoms with Gasteiger partial charge in [0.15, 0.2) is 0 Å². The van der Waals surface area contributed by atoms with E-state index >= 15 is 0 Å². The molecule has 12 heavy (non-hydrogen) atoms. The Morgan fingerprint density at radius 1 is 1.67 bits per heavy atom. The maximum atomic E-state index is 9.79. The Hall–Kier alpha value is 0.140. The maximum Gasteiger partial charge on any atom is 0.0910 e.